The predicted octanol–water partition coefficient (Wildman–Crippen LogP) is 4.87. The molecule has 1 heterocycles. The van der Waals surface area contributed by atoms with Gasteiger partial charge < -0.3 is 24.6 Å². The average molecular weight is 496 g/mol. The van der Waals surface area contributed by atoms with Crippen molar-refractivity contribution in [1.29, 1.82) is 5.26 Å². The zero-order chi connectivity index (χ0) is 25.9. The van der Waals surface area contributed by atoms with Crippen molar-refractivity contribution in [2.75, 3.05) is 20.3 Å². The first-order valence-electron chi connectivity index (χ1n) is 12.0. The molecule has 0 fully saturated rings. The lowest BCUT2D eigenvalue weighted by atomic mass is 10.0. The Bertz CT molecular complexity index is 1350. The van der Waals surface area contributed by atoms with Crippen molar-refractivity contribution < 1.29 is 19.3 Å². The molecular formula is C30H29N3O4. The zero-order valence-corrected chi connectivity index (χ0v) is 20.7. The van der Waals surface area contributed by atoms with Crippen LogP contribution in [0.2, 0.25) is 0 Å². The summed E-state index contributed by atoms with van der Waals surface area (Å²) in [4.78, 5) is 4.10. The molecule has 1 aromatic heterocycles. The minimum Gasteiger partial charge on any atom is -0.496 e. The molecule has 0 atom stereocenters. The minimum atomic E-state index is 0.0495. The van der Waals surface area contributed by atoms with E-state index in [1.165, 1.54) is 6.20 Å². The van der Waals surface area contributed by atoms with Crippen molar-refractivity contribution >= 4 is 0 Å². The monoisotopic (exact) mass is 495 g/mol. The highest BCUT2D eigenvalue weighted by molar-refractivity contribution is 5.72. The van der Waals surface area contributed by atoms with E-state index in [1.54, 1.807) is 19.4 Å². The van der Waals surface area contributed by atoms with Crippen LogP contribution in [0.5, 0.6) is 17.2 Å². The summed E-state index contributed by atoms with van der Waals surface area (Å²) >= 11 is 0. The maximum atomic E-state index is 9.14. The van der Waals surface area contributed by atoms with Gasteiger partial charge in [0.1, 0.15) is 36.5 Å². The molecule has 0 aliphatic carbocycles. The number of aliphatic hydroxyl groups is 1. The first kappa shape index (κ1) is 25.7. The molecule has 3 aromatic carbocycles. The Balaban J connectivity index is 1.53. The summed E-state index contributed by atoms with van der Waals surface area (Å²) in [5.74, 6) is 2.08. The Kier molecular flexibility index (Phi) is 9.08. The molecule has 0 unspecified atom stereocenters. The first-order valence-corrected chi connectivity index (χ1v) is 12.0. The highest BCUT2D eigenvalue weighted by Gasteiger charge is 2.13. The molecule has 4 rings (SSSR count). The molecule has 37 heavy (non-hydrogen) atoms. The molecule has 0 aliphatic rings. The highest BCUT2D eigenvalue weighted by Crippen LogP contribution is 2.34. The van der Waals surface area contributed by atoms with Crippen molar-refractivity contribution in [3.8, 4) is 34.4 Å². The lowest BCUT2D eigenvalue weighted by Gasteiger charge is -2.16. The van der Waals surface area contributed by atoms with E-state index in [0.717, 1.165) is 33.6 Å². The Labute approximate surface area is 216 Å². The van der Waals surface area contributed by atoms with E-state index in [4.69, 9.17) is 24.6 Å². The van der Waals surface area contributed by atoms with Crippen LogP contribution in [0.4, 0.5) is 0 Å². The van der Waals surface area contributed by atoms with Gasteiger partial charge in [-0.3, -0.25) is 4.98 Å². The molecule has 4 aromatic rings. The van der Waals surface area contributed by atoms with E-state index in [1.807, 2.05) is 54.6 Å². The minimum absolute atomic E-state index is 0.0495. The van der Waals surface area contributed by atoms with Crippen LogP contribution in [0.1, 0.15) is 22.3 Å². The molecule has 0 saturated carbocycles. The van der Waals surface area contributed by atoms with Crippen LogP contribution in [0.15, 0.2) is 85.2 Å². The number of nitrogens with one attached hydrogen (secondary N) is 1. The topological polar surface area (TPSA) is 96.6 Å². The van der Waals surface area contributed by atoms with Gasteiger partial charge in [0.05, 0.1) is 19.3 Å². The smallest absolute Gasteiger partial charge is 0.133 e. The van der Waals surface area contributed by atoms with E-state index in [0.29, 0.717) is 36.8 Å². The SMILES string of the molecule is COc1c(COc2ccc(CNCCO)c(OCc3cncc(C#N)c3)c2)cccc1-c1ccccc1. The maximum absolute atomic E-state index is 9.14. The quantitative estimate of drug-likeness (QED) is 0.271. The number of aliphatic hydroxyl groups excluding tert-OH is 1. The maximum Gasteiger partial charge on any atom is 0.133 e. The van der Waals surface area contributed by atoms with Crippen molar-refractivity contribution in [2.24, 2.45) is 0 Å². The van der Waals surface area contributed by atoms with Gasteiger partial charge in [0.2, 0.25) is 0 Å². The van der Waals surface area contributed by atoms with Crippen LogP contribution in [0, 0.1) is 11.3 Å². The number of benzene rings is 3. The lowest BCUT2D eigenvalue weighted by molar-refractivity contribution is 0.280. The second-order valence-electron chi connectivity index (χ2n) is 8.30. The van der Waals surface area contributed by atoms with Crippen LogP contribution in [-0.2, 0) is 19.8 Å². The van der Waals surface area contributed by atoms with Gasteiger partial charge in [0.25, 0.3) is 0 Å². The Morgan fingerprint density at radius 3 is 2.57 bits per heavy atom. The van der Waals surface area contributed by atoms with Gasteiger partial charge >= 0.3 is 0 Å². The molecule has 0 amide bonds. The Morgan fingerprint density at radius 1 is 0.919 bits per heavy atom. The summed E-state index contributed by atoms with van der Waals surface area (Å²) in [5, 5.41) is 21.4. The van der Waals surface area contributed by atoms with Crippen LogP contribution in [0.25, 0.3) is 11.1 Å². The fraction of sp³-hybridized carbons (Fsp3) is 0.200. The zero-order valence-electron chi connectivity index (χ0n) is 20.7. The van der Waals surface area contributed by atoms with Gasteiger partial charge in [-0.15, -0.1) is 0 Å². The average Bonchev–Trinajstić information content (AvgIpc) is 2.96. The number of ether oxygens (including phenoxy) is 3. The number of para-hydroxylation sites is 1. The summed E-state index contributed by atoms with van der Waals surface area (Å²) < 4.78 is 18.0. The molecule has 0 bridgehead atoms. The van der Waals surface area contributed by atoms with Gasteiger partial charge in [0.15, 0.2) is 0 Å². The molecule has 0 saturated heterocycles. The Hall–Kier alpha value is -4.38. The molecule has 7 heteroatoms. The number of hydrogen-bond donors (Lipinski definition) is 2. The predicted molar refractivity (Wildman–Crippen MR) is 141 cm³/mol. The highest BCUT2D eigenvalue weighted by atomic mass is 16.5. The van der Waals surface area contributed by atoms with E-state index >= 15 is 0 Å². The normalized spacial score (nSPS) is 10.5. The summed E-state index contributed by atoms with van der Waals surface area (Å²) in [7, 11) is 1.67. The molecule has 0 spiro atoms. The number of aromatic nitrogens is 1. The lowest BCUT2D eigenvalue weighted by Crippen LogP contribution is -2.18. The molecule has 0 aliphatic heterocycles. The number of pyridine rings is 1. The third-order valence-corrected chi connectivity index (χ3v) is 5.74. The second-order valence-corrected chi connectivity index (χ2v) is 8.30. The van der Waals surface area contributed by atoms with Gasteiger partial charge in [0, 0.05) is 53.8 Å². The van der Waals surface area contributed by atoms with Crippen molar-refractivity contribution in [2.45, 2.75) is 19.8 Å². The van der Waals surface area contributed by atoms with Crippen molar-refractivity contribution in [3.63, 3.8) is 0 Å². The summed E-state index contributed by atoms with van der Waals surface area (Å²) in [5.41, 5.74) is 5.21. The van der Waals surface area contributed by atoms with E-state index < -0.39 is 0 Å². The molecular weight excluding hydrogens is 466 g/mol. The van der Waals surface area contributed by atoms with E-state index in [2.05, 4.69) is 28.5 Å². The van der Waals surface area contributed by atoms with Crippen LogP contribution in [0.3, 0.4) is 0 Å². The molecule has 7 nitrogen and oxygen atoms in total. The van der Waals surface area contributed by atoms with Crippen LogP contribution >= 0.6 is 0 Å². The Morgan fingerprint density at radius 2 is 1.78 bits per heavy atom. The van der Waals surface area contributed by atoms with E-state index in [9.17, 15) is 0 Å². The van der Waals surface area contributed by atoms with Crippen LogP contribution in [-0.4, -0.2) is 30.4 Å². The molecule has 0 radical (unpaired) electrons. The summed E-state index contributed by atoms with van der Waals surface area (Å²) in [6.07, 6.45) is 3.19. The number of nitriles is 1. The number of nitrogens with zero attached hydrogens (tertiary/aromatic N) is 2. The summed E-state index contributed by atoms with van der Waals surface area (Å²) in [6, 6.07) is 25.7. The first-order chi connectivity index (χ1) is 18.2. The fourth-order valence-electron chi connectivity index (χ4n) is 3.94. The van der Waals surface area contributed by atoms with Gasteiger partial charge in [-0.2, -0.15) is 5.26 Å². The third kappa shape index (κ3) is 6.85. The molecule has 188 valence electrons. The largest absolute Gasteiger partial charge is 0.496 e. The summed E-state index contributed by atoms with van der Waals surface area (Å²) in [6.45, 7) is 1.63. The third-order valence-electron chi connectivity index (χ3n) is 5.74. The fourth-order valence-corrected chi connectivity index (χ4v) is 3.94. The van der Waals surface area contributed by atoms with Crippen molar-refractivity contribution in [1.82, 2.24) is 10.3 Å². The van der Waals surface area contributed by atoms with Gasteiger partial charge in [-0.05, 0) is 17.7 Å². The standard InChI is InChI=1S/C30H29N3O4/c1-35-30-26(8-5-9-28(30)24-6-3-2-4-7-24)21-36-27-11-10-25(19-32-12-13-34)29(15-27)37-20-23-14-22(16-31)17-33-18-23/h2-11,14-15,17-18,32,34H,12-13,19-21H2,1H3. The number of methoxy groups -OCH3 is 1. The molecule has 2 N–H and O–H groups in total. The van der Waals surface area contributed by atoms with Gasteiger partial charge in [-0.25, -0.2) is 0 Å². The van der Waals surface area contributed by atoms with E-state index in [-0.39, 0.29) is 13.2 Å². The number of hydrogen-bond acceptors (Lipinski definition) is 7. The van der Waals surface area contributed by atoms with Crippen molar-refractivity contribution in [3.05, 3.63) is 107 Å². The number of rotatable bonds is 12. The van der Waals surface area contributed by atoms with Crippen LogP contribution < -0.4 is 19.5 Å². The van der Waals surface area contributed by atoms with Gasteiger partial charge in [-0.1, -0.05) is 54.6 Å². The second kappa shape index (κ2) is 13.1.